The summed E-state index contributed by atoms with van der Waals surface area (Å²) in [6.07, 6.45) is -6.95. The van der Waals surface area contributed by atoms with E-state index in [0.717, 1.165) is 12.1 Å². The van der Waals surface area contributed by atoms with E-state index in [1.165, 1.54) is 29.9 Å². The molecule has 4 aromatic rings. The number of hydrogen-bond acceptors (Lipinski definition) is 2. The number of aromatic nitrogens is 1. The summed E-state index contributed by atoms with van der Waals surface area (Å²) in [4.78, 5) is 26.4. The summed E-state index contributed by atoms with van der Waals surface area (Å²) in [6.45, 7) is 0. The summed E-state index contributed by atoms with van der Waals surface area (Å²) in [5.74, 6) is -3.85. The molecule has 0 radical (unpaired) electrons. The molecule has 1 atom stereocenters. The molecule has 1 aliphatic heterocycles. The van der Waals surface area contributed by atoms with Gasteiger partial charge < -0.3 is 15.2 Å². The zero-order chi connectivity index (χ0) is 29.1. The summed E-state index contributed by atoms with van der Waals surface area (Å²) in [7, 11) is 1.49. The van der Waals surface area contributed by atoms with E-state index in [4.69, 9.17) is 11.6 Å². The SMILES string of the molecule is Cn1cc2c3c(c(NC(=O)c4cc(F)cc(C(F)(F)F)c4)cc2c1CC(F)F)C(c1cc(F)ccc1Cl)NC3=O. The number of nitrogens with zero attached hydrogens (tertiary/aromatic N) is 1. The van der Waals surface area contributed by atoms with Crippen LogP contribution in [0.25, 0.3) is 10.8 Å². The maximum absolute atomic E-state index is 14.2. The minimum absolute atomic E-state index is 0.0236. The van der Waals surface area contributed by atoms with Crippen molar-refractivity contribution in [3.05, 3.63) is 98.8 Å². The monoisotopic (exact) mass is 583 g/mol. The topological polar surface area (TPSA) is 63.1 Å². The smallest absolute Gasteiger partial charge is 0.353 e. The number of hydrogen-bond donors (Lipinski definition) is 2. The van der Waals surface area contributed by atoms with Crippen LogP contribution in [0.1, 0.15) is 49.1 Å². The van der Waals surface area contributed by atoms with Crippen molar-refractivity contribution in [2.24, 2.45) is 7.05 Å². The molecule has 1 unspecified atom stereocenters. The van der Waals surface area contributed by atoms with Gasteiger partial charge in [0.1, 0.15) is 11.6 Å². The molecule has 0 saturated carbocycles. The van der Waals surface area contributed by atoms with Crippen molar-refractivity contribution in [3.8, 4) is 0 Å². The fraction of sp³-hybridized carbons (Fsp3) is 0.185. The second kappa shape index (κ2) is 9.84. The first-order valence-electron chi connectivity index (χ1n) is 11.6. The first kappa shape index (κ1) is 27.5. The molecule has 208 valence electrons. The molecule has 3 aromatic carbocycles. The number of carbonyl (C=O) groups excluding carboxylic acids is 2. The average molecular weight is 584 g/mol. The Kier molecular flexibility index (Phi) is 6.77. The molecule has 5 rings (SSSR count). The van der Waals surface area contributed by atoms with Crippen molar-refractivity contribution in [1.82, 2.24) is 9.88 Å². The highest BCUT2D eigenvalue weighted by Gasteiger charge is 2.37. The summed E-state index contributed by atoms with van der Waals surface area (Å²) in [6, 6.07) is 4.85. The summed E-state index contributed by atoms with van der Waals surface area (Å²) in [5, 5.41) is 5.54. The van der Waals surface area contributed by atoms with Gasteiger partial charge in [0.25, 0.3) is 11.8 Å². The molecule has 2 N–H and O–H groups in total. The van der Waals surface area contributed by atoms with E-state index in [1.54, 1.807) is 0 Å². The van der Waals surface area contributed by atoms with Crippen LogP contribution < -0.4 is 10.6 Å². The number of alkyl halides is 5. The molecule has 0 saturated heterocycles. The Morgan fingerprint density at radius 3 is 2.48 bits per heavy atom. The predicted molar refractivity (Wildman–Crippen MR) is 133 cm³/mol. The van der Waals surface area contributed by atoms with Crippen LogP contribution in [0, 0.1) is 11.6 Å². The molecule has 1 aromatic heterocycles. The fourth-order valence-corrected chi connectivity index (χ4v) is 5.15. The van der Waals surface area contributed by atoms with Crippen molar-refractivity contribution in [1.29, 1.82) is 0 Å². The Balaban J connectivity index is 1.72. The molecule has 2 amide bonds. The normalized spacial score (nSPS) is 15.1. The van der Waals surface area contributed by atoms with Gasteiger partial charge in [0.2, 0.25) is 6.43 Å². The van der Waals surface area contributed by atoms with Crippen molar-refractivity contribution in [2.45, 2.75) is 25.1 Å². The van der Waals surface area contributed by atoms with Gasteiger partial charge in [-0.2, -0.15) is 13.2 Å². The predicted octanol–water partition coefficient (Wildman–Crippen LogP) is 7.02. The molecule has 13 heteroatoms. The summed E-state index contributed by atoms with van der Waals surface area (Å²) >= 11 is 6.29. The van der Waals surface area contributed by atoms with Crippen molar-refractivity contribution in [3.63, 3.8) is 0 Å². The van der Waals surface area contributed by atoms with Crippen molar-refractivity contribution < 1.29 is 40.3 Å². The Morgan fingerprint density at radius 2 is 1.80 bits per heavy atom. The zero-order valence-corrected chi connectivity index (χ0v) is 21.0. The van der Waals surface area contributed by atoms with Gasteiger partial charge >= 0.3 is 6.18 Å². The number of rotatable bonds is 5. The number of amides is 2. The highest BCUT2D eigenvalue weighted by Crippen LogP contribution is 2.44. The largest absolute Gasteiger partial charge is 0.416 e. The molecule has 0 fully saturated rings. The van der Waals surface area contributed by atoms with E-state index in [-0.39, 0.29) is 49.9 Å². The molecular weight excluding hydrogens is 567 g/mol. The van der Waals surface area contributed by atoms with E-state index in [9.17, 15) is 40.3 Å². The maximum Gasteiger partial charge on any atom is 0.416 e. The van der Waals surface area contributed by atoms with Gasteiger partial charge in [-0.15, -0.1) is 0 Å². The average Bonchev–Trinajstić information content (AvgIpc) is 3.36. The number of anilines is 1. The zero-order valence-electron chi connectivity index (χ0n) is 20.3. The van der Waals surface area contributed by atoms with Gasteiger partial charge in [-0.1, -0.05) is 11.6 Å². The lowest BCUT2D eigenvalue weighted by Gasteiger charge is -2.19. The molecule has 2 heterocycles. The van der Waals surface area contributed by atoms with Crippen LogP contribution in [-0.4, -0.2) is 22.8 Å². The molecule has 1 aliphatic rings. The number of nitrogens with one attached hydrogen (secondary N) is 2. The quantitative estimate of drug-likeness (QED) is 0.248. The first-order valence-corrected chi connectivity index (χ1v) is 12.0. The van der Waals surface area contributed by atoms with Crippen LogP contribution >= 0.6 is 11.6 Å². The van der Waals surface area contributed by atoms with Gasteiger partial charge in [-0.3, -0.25) is 9.59 Å². The number of benzene rings is 3. The van der Waals surface area contributed by atoms with E-state index in [0.29, 0.717) is 12.1 Å². The highest BCUT2D eigenvalue weighted by atomic mass is 35.5. The molecule has 0 bridgehead atoms. The van der Waals surface area contributed by atoms with Gasteiger partial charge in [0.05, 0.1) is 17.2 Å². The van der Waals surface area contributed by atoms with Gasteiger partial charge in [-0.25, -0.2) is 17.6 Å². The molecule has 0 spiro atoms. The van der Waals surface area contributed by atoms with E-state index < -0.39 is 59.6 Å². The third-order valence-electron chi connectivity index (χ3n) is 6.61. The Bertz CT molecular complexity index is 1700. The lowest BCUT2D eigenvalue weighted by Crippen LogP contribution is -2.21. The van der Waals surface area contributed by atoms with Gasteiger partial charge in [0, 0.05) is 63.5 Å². The van der Waals surface area contributed by atoms with Gasteiger partial charge in [0.15, 0.2) is 0 Å². The van der Waals surface area contributed by atoms with E-state index in [2.05, 4.69) is 10.6 Å². The Labute approximate surface area is 226 Å². The minimum atomic E-state index is -4.94. The molecule has 40 heavy (non-hydrogen) atoms. The maximum atomic E-state index is 14.2. The first-order chi connectivity index (χ1) is 18.7. The van der Waals surface area contributed by atoms with E-state index in [1.807, 2.05) is 0 Å². The van der Waals surface area contributed by atoms with Crippen LogP contribution in [0.4, 0.5) is 36.4 Å². The third kappa shape index (κ3) is 4.87. The Morgan fingerprint density at radius 1 is 1.07 bits per heavy atom. The number of aryl methyl sites for hydroxylation is 1. The van der Waals surface area contributed by atoms with Gasteiger partial charge in [-0.05, 0) is 42.5 Å². The Hall–Kier alpha value is -4.06. The minimum Gasteiger partial charge on any atom is -0.353 e. The van der Waals surface area contributed by atoms with E-state index >= 15 is 0 Å². The fourth-order valence-electron chi connectivity index (χ4n) is 4.92. The van der Waals surface area contributed by atoms with Crippen molar-refractivity contribution in [2.75, 3.05) is 5.32 Å². The number of carbonyl (C=O) groups is 2. The summed E-state index contributed by atoms with van der Waals surface area (Å²) in [5.41, 5.74) is -1.94. The third-order valence-corrected chi connectivity index (χ3v) is 6.95. The molecular formula is C27H17ClF7N3O2. The molecule has 5 nitrogen and oxygen atoms in total. The number of fused-ring (bicyclic) bond motifs is 3. The number of halogens is 8. The molecule has 0 aliphatic carbocycles. The second-order valence-corrected chi connectivity index (χ2v) is 9.62. The van der Waals surface area contributed by atoms with Crippen LogP contribution in [0.5, 0.6) is 0 Å². The van der Waals surface area contributed by atoms with Crippen molar-refractivity contribution >= 4 is 39.9 Å². The van der Waals surface area contributed by atoms with Crippen LogP contribution in [-0.2, 0) is 19.6 Å². The summed E-state index contributed by atoms with van der Waals surface area (Å²) < 4.78 is 96.1. The second-order valence-electron chi connectivity index (χ2n) is 9.21. The van der Waals surface area contributed by atoms with Crippen LogP contribution in [0.2, 0.25) is 5.02 Å². The lowest BCUT2D eigenvalue weighted by molar-refractivity contribution is -0.137. The highest BCUT2D eigenvalue weighted by molar-refractivity contribution is 6.31. The van der Waals surface area contributed by atoms with Crippen LogP contribution in [0.15, 0.2) is 48.7 Å². The standard InChI is InChI=1S/C27H17ClF7N3O2/c1-38-10-17-15(20(38)9-21(31)32)8-19(36-25(39)11-4-12(27(33,34)35)6-14(30)5-11)23-22(17)26(40)37-24(23)16-7-13(29)2-3-18(16)28/h2-8,10,21,24H,9H2,1H3,(H,36,39)(H,37,40). The van der Waals surface area contributed by atoms with Crippen LogP contribution in [0.3, 0.4) is 0 Å². The lowest BCUT2D eigenvalue weighted by atomic mass is 9.93.